The molecule has 2 rings (SSSR count). The van der Waals surface area contributed by atoms with Crippen LogP contribution in [0.5, 0.6) is 0 Å². The van der Waals surface area contributed by atoms with Crippen LogP contribution in [-0.4, -0.2) is 36.9 Å². The van der Waals surface area contributed by atoms with Gasteiger partial charge in [-0.3, -0.25) is 0 Å². The third-order valence-corrected chi connectivity index (χ3v) is 3.20. The average molecular weight is 280 g/mol. The van der Waals surface area contributed by atoms with Gasteiger partial charge < -0.3 is 9.64 Å². The molecule has 106 valence electrons. The van der Waals surface area contributed by atoms with Crippen molar-refractivity contribution < 1.29 is 4.74 Å². The van der Waals surface area contributed by atoms with E-state index in [9.17, 15) is 0 Å². The first-order chi connectivity index (χ1) is 10.3. The van der Waals surface area contributed by atoms with E-state index in [1.807, 2.05) is 30.3 Å². The van der Waals surface area contributed by atoms with Crippen molar-refractivity contribution >= 4 is 5.71 Å². The van der Waals surface area contributed by atoms with Gasteiger partial charge in [-0.15, -0.1) is 0 Å². The molecule has 21 heavy (non-hydrogen) atoms. The highest BCUT2D eigenvalue weighted by atomic mass is 16.5. The molecule has 5 nitrogen and oxygen atoms in total. The van der Waals surface area contributed by atoms with E-state index in [1.54, 1.807) is 18.3 Å². The van der Waals surface area contributed by atoms with Gasteiger partial charge in [-0.2, -0.15) is 10.5 Å². The minimum Gasteiger partial charge on any atom is -0.378 e. The van der Waals surface area contributed by atoms with Gasteiger partial charge in [-0.1, -0.05) is 30.3 Å². The van der Waals surface area contributed by atoms with E-state index in [0.29, 0.717) is 19.6 Å². The van der Waals surface area contributed by atoms with Crippen molar-refractivity contribution in [1.29, 1.82) is 10.5 Å². The Kier molecular flexibility index (Phi) is 5.51. The largest absolute Gasteiger partial charge is 0.378 e. The zero-order chi connectivity index (χ0) is 14.9. The van der Waals surface area contributed by atoms with Crippen molar-refractivity contribution in [3.8, 4) is 12.1 Å². The van der Waals surface area contributed by atoms with E-state index in [0.717, 1.165) is 18.8 Å². The summed E-state index contributed by atoms with van der Waals surface area (Å²) in [5.74, 6) is 0. The molecule has 0 radical (unpaired) electrons. The number of nitrogens with zero attached hydrogens (tertiary/aromatic N) is 4. The molecule has 1 aliphatic heterocycles. The SMILES string of the molecule is N#CC(C#N)=N/C=C(\Cc1ccccc1)N1CCOCC1. The number of benzene rings is 1. The molecule has 0 atom stereocenters. The van der Waals surface area contributed by atoms with Crippen LogP contribution in [0.2, 0.25) is 0 Å². The molecular weight excluding hydrogens is 264 g/mol. The lowest BCUT2D eigenvalue weighted by Gasteiger charge is -2.30. The number of morpholine rings is 1. The molecule has 0 saturated carbocycles. The second kappa shape index (κ2) is 7.84. The van der Waals surface area contributed by atoms with Crippen LogP contribution in [0.3, 0.4) is 0 Å². The van der Waals surface area contributed by atoms with Crippen LogP contribution in [0.1, 0.15) is 5.56 Å². The molecule has 1 aliphatic rings. The molecule has 1 saturated heterocycles. The van der Waals surface area contributed by atoms with Crippen molar-refractivity contribution in [2.75, 3.05) is 26.3 Å². The lowest BCUT2D eigenvalue weighted by molar-refractivity contribution is 0.0525. The Balaban J connectivity index is 2.22. The van der Waals surface area contributed by atoms with Gasteiger partial charge in [-0.25, -0.2) is 4.99 Å². The Morgan fingerprint density at radius 2 is 1.86 bits per heavy atom. The first-order valence-electron chi connectivity index (χ1n) is 6.77. The number of allylic oxidation sites excluding steroid dienone is 1. The third kappa shape index (κ3) is 4.45. The Labute approximate surface area is 124 Å². The molecule has 0 bridgehead atoms. The third-order valence-electron chi connectivity index (χ3n) is 3.20. The predicted octanol–water partition coefficient (Wildman–Crippen LogP) is 1.89. The Bertz CT molecular complexity index is 585. The first-order valence-corrected chi connectivity index (χ1v) is 6.77. The van der Waals surface area contributed by atoms with Crippen LogP contribution in [0, 0.1) is 22.7 Å². The summed E-state index contributed by atoms with van der Waals surface area (Å²) in [6, 6.07) is 13.6. The van der Waals surface area contributed by atoms with Gasteiger partial charge >= 0.3 is 0 Å². The number of nitriles is 2. The fourth-order valence-electron chi connectivity index (χ4n) is 2.12. The maximum Gasteiger partial charge on any atom is 0.218 e. The van der Waals surface area contributed by atoms with Crippen LogP contribution < -0.4 is 0 Å². The van der Waals surface area contributed by atoms with Gasteiger partial charge in [0, 0.05) is 31.4 Å². The topological polar surface area (TPSA) is 72.4 Å². The standard InChI is InChI=1S/C16H16N4O/c17-11-15(12-18)19-13-16(20-6-8-21-9-7-20)10-14-4-2-1-3-5-14/h1-5,13H,6-10H2/b16-13+. The maximum absolute atomic E-state index is 8.77. The van der Waals surface area contributed by atoms with E-state index in [1.165, 1.54) is 5.56 Å². The van der Waals surface area contributed by atoms with E-state index in [4.69, 9.17) is 15.3 Å². The lowest BCUT2D eigenvalue weighted by atomic mass is 10.1. The summed E-state index contributed by atoms with van der Waals surface area (Å²) in [5.41, 5.74) is 2.03. The number of hydrogen-bond donors (Lipinski definition) is 0. The minimum atomic E-state index is -0.131. The fraction of sp³-hybridized carbons (Fsp3) is 0.312. The summed E-state index contributed by atoms with van der Waals surface area (Å²) in [6.45, 7) is 2.95. The molecule has 0 unspecified atom stereocenters. The van der Waals surface area contributed by atoms with Crippen LogP contribution in [0.4, 0.5) is 0 Å². The summed E-state index contributed by atoms with van der Waals surface area (Å²) in [5, 5.41) is 17.5. The molecule has 0 aromatic heterocycles. The summed E-state index contributed by atoms with van der Waals surface area (Å²) in [6.07, 6.45) is 2.34. The maximum atomic E-state index is 8.77. The molecule has 5 heteroatoms. The monoisotopic (exact) mass is 280 g/mol. The van der Waals surface area contributed by atoms with Crippen LogP contribution in [0.15, 0.2) is 47.2 Å². The van der Waals surface area contributed by atoms with Crippen molar-refractivity contribution in [2.45, 2.75) is 6.42 Å². The fourth-order valence-corrected chi connectivity index (χ4v) is 2.12. The minimum absolute atomic E-state index is 0.131. The Hall–Kier alpha value is -2.63. The van der Waals surface area contributed by atoms with E-state index < -0.39 is 0 Å². The van der Waals surface area contributed by atoms with Gasteiger partial charge in [0.1, 0.15) is 12.1 Å². The van der Waals surface area contributed by atoms with Gasteiger partial charge in [0.25, 0.3) is 0 Å². The zero-order valence-electron chi connectivity index (χ0n) is 11.7. The molecule has 1 aromatic carbocycles. The second-order valence-corrected chi connectivity index (χ2v) is 4.58. The zero-order valence-corrected chi connectivity index (χ0v) is 11.7. The number of rotatable bonds is 4. The normalized spacial score (nSPS) is 15.0. The van der Waals surface area contributed by atoms with Crippen molar-refractivity contribution in [3.05, 3.63) is 47.8 Å². The Morgan fingerprint density at radius 3 is 2.48 bits per heavy atom. The van der Waals surface area contributed by atoms with E-state index in [-0.39, 0.29) is 5.71 Å². The van der Waals surface area contributed by atoms with Gasteiger partial charge in [0.2, 0.25) is 5.71 Å². The summed E-state index contributed by atoms with van der Waals surface area (Å²) >= 11 is 0. The molecule has 1 fully saturated rings. The van der Waals surface area contributed by atoms with Crippen LogP contribution in [0.25, 0.3) is 0 Å². The highest BCUT2D eigenvalue weighted by molar-refractivity contribution is 6.10. The van der Waals surface area contributed by atoms with Gasteiger partial charge in [0.05, 0.1) is 13.2 Å². The smallest absolute Gasteiger partial charge is 0.218 e. The van der Waals surface area contributed by atoms with Crippen LogP contribution >= 0.6 is 0 Å². The van der Waals surface area contributed by atoms with E-state index in [2.05, 4.69) is 9.89 Å². The van der Waals surface area contributed by atoms with Crippen molar-refractivity contribution in [2.24, 2.45) is 4.99 Å². The second-order valence-electron chi connectivity index (χ2n) is 4.58. The molecule has 1 aromatic rings. The highest BCUT2D eigenvalue weighted by Crippen LogP contribution is 2.14. The molecule has 0 spiro atoms. The summed E-state index contributed by atoms with van der Waals surface area (Å²) in [7, 11) is 0. The van der Waals surface area contributed by atoms with E-state index >= 15 is 0 Å². The molecule has 0 N–H and O–H groups in total. The summed E-state index contributed by atoms with van der Waals surface area (Å²) < 4.78 is 5.36. The lowest BCUT2D eigenvalue weighted by Crippen LogP contribution is -2.36. The number of ether oxygens (including phenoxy) is 1. The predicted molar refractivity (Wildman–Crippen MR) is 79.3 cm³/mol. The van der Waals surface area contributed by atoms with Crippen molar-refractivity contribution in [1.82, 2.24) is 4.90 Å². The van der Waals surface area contributed by atoms with Gasteiger partial charge in [0.15, 0.2) is 0 Å². The Morgan fingerprint density at radius 1 is 1.19 bits per heavy atom. The first kappa shape index (κ1) is 14.8. The summed E-state index contributed by atoms with van der Waals surface area (Å²) in [4.78, 5) is 6.17. The molecule has 0 aliphatic carbocycles. The highest BCUT2D eigenvalue weighted by Gasteiger charge is 2.14. The molecule has 0 amide bonds. The van der Waals surface area contributed by atoms with Crippen molar-refractivity contribution in [3.63, 3.8) is 0 Å². The number of hydrogen-bond acceptors (Lipinski definition) is 5. The molecule has 1 heterocycles. The molecular formula is C16H16N4O. The van der Waals surface area contributed by atoms with Crippen LogP contribution in [-0.2, 0) is 11.2 Å². The number of aliphatic imine (C=N–C) groups is 1. The van der Waals surface area contributed by atoms with Gasteiger partial charge in [-0.05, 0) is 5.56 Å². The average Bonchev–Trinajstić information content (AvgIpc) is 2.56. The quantitative estimate of drug-likeness (QED) is 0.789.